The number of nitrogens with one attached hydrogen (secondary N) is 1. The first-order chi connectivity index (χ1) is 9.08. The molecule has 0 saturated carbocycles. The maximum absolute atomic E-state index is 9.75. The summed E-state index contributed by atoms with van der Waals surface area (Å²) in [5.41, 5.74) is 9.27. The van der Waals surface area contributed by atoms with Crippen molar-refractivity contribution in [2.24, 2.45) is 5.73 Å². The van der Waals surface area contributed by atoms with Gasteiger partial charge in [0.1, 0.15) is 5.75 Å². The standard InChI is InChI=1S/C16H18N2O/c1-11-6-8-12(9-7-11)14(17)10-15(18)13-4-2-3-5-16(13)19/h2-9,15,17,19H,10,18H2,1H3. The third-order valence-electron chi connectivity index (χ3n) is 3.16. The minimum atomic E-state index is -0.366. The van der Waals surface area contributed by atoms with Crippen LogP contribution in [0.1, 0.15) is 29.2 Å². The van der Waals surface area contributed by atoms with Crippen LogP contribution < -0.4 is 5.73 Å². The first-order valence-corrected chi connectivity index (χ1v) is 6.26. The minimum absolute atomic E-state index is 0.187. The van der Waals surface area contributed by atoms with Crippen molar-refractivity contribution in [2.45, 2.75) is 19.4 Å². The van der Waals surface area contributed by atoms with Crippen LogP contribution in [-0.4, -0.2) is 10.8 Å². The Labute approximate surface area is 113 Å². The second-order valence-electron chi connectivity index (χ2n) is 4.71. The van der Waals surface area contributed by atoms with E-state index in [1.807, 2.05) is 37.3 Å². The molecule has 2 aromatic carbocycles. The van der Waals surface area contributed by atoms with E-state index in [2.05, 4.69) is 0 Å². The highest BCUT2D eigenvalue weighted by atomic mass is 16.3. The van der Waals surface area contributed by atoms with Crippen molar-refractivity contribution in [2.75, 3.05) is 0 Å². The Bertz CT molecular complexity index is 576. The maximum Gasteiger partial charge on any atom is 0.120 e. The van der Waals surface area contributed by atoms with Gasteiger partial charge in [0.05, 0.1) is 0 Å². The zero-order chi connectivity index (χ0) is 13.8. The van der Waals surface area contributed by atoms with E-state index in [0.29, 0.717) is 17.7 Å². The molecule has 0 aliphatic rings. The summed E-state index contributed by atoms with van der Waals surface area (Å²) in [6.07, 6.45) is 0.403. The molecule has 3 nitrogen and oxygen atoms in total. The van der Waals surface area contributed by atoms with Gasteiger partial charge < -0.3 is 16.2 Å². The molecule has 0 aliphatic carbocycles. The number of rotatable bonds is 4. The SMILES string of the molecule is Cc1ccc(C(=N)CC(N)c2ccccc2O)cc1. The van der Waals surface area contributed by atoms with Crippen LogP contribution in [0.15, 0.2) is 48.5 Å². The lowest BCUT2D eigenvalue weighted by Crippen LogP contribution is -2.15. The van der Waals surface area contributed by atoms with E-state index >= 15 is 0 Å². The molecule has 1 unspecified atom stereocenters. The molecule has 0 radical (unpaired) electrons. The van der Waals surface area contributed by atoms with Gasteiger partial charge in [-0.2, -0.15) is 0 Å². The number of aryl methyl sites for hydroxylation is 1. The normalized spacial score (nSPS) is 12.1. The molecule has 1 atom stereocenters. The van der Waals surface area contributed by atoms with Gasteiger partial charge >= 0.3 is 0 Å². The molecule has 19 heavy (non-hydrogen) atoms. The van der Waals surface area contributed by atoms with Crippen LogP contribution in [0.4, 0.5) is 0 Å². The van der Waals surface area contributed by atoms with Crippen molar-refractivity contribution in [3.05, 3.63) is 65.2 Å². The molecule has 0 spiro atoms. The van der Waals surface area contributed by atoms with E-state index in [9.17, 15) is 5.11 Å². The topological polar surface area (TPSA) is 70.1 Å². The van der Waals surface area contributed by atoms with Crippen LogP contribution in [0.25, 0.3) is 0 Å². The fourth-order valence-electron chi connectivity index (χ4n) is 2.00. The van der Waals surface area contributed by atoms with Crippen molar-refractivity contribution in [1.29, 1.82) is 5.41 Å². The smallest absolute Gasteiger partial charge is 0.120 e. The summed E-state index contributed by atoms with van der Waals surface area (Å²) in [6.45, 7) is 2.02. The molecular weight excluding hydrogens is 236 g/mol. The van der Waals surface area contributed by atoms with E-state index in [0.717, 1.165) is 5.56 Å². The van der Waals surface area contributed by atoms with Crippen LogP contribution in [-0.2, 0) is 0 Å². The van der Waals surface area contributed by atoms with Gasteiger partial charge in [-0.3, -0.25) is 0 Å². The van der Waals surface area contributed by atoms with Gasteiger partial charge in [0.15, 0.2) is 0 Å². The molecule has 0 bridgehead atoms. The molecule has 0 heterocycles. The van der Waals surface area contributed by atoms with Crippen molar-refractivity contribution < 1.29 is 5.11 Å². The summed E-state index contributed by atoms with van der Waals surface area (Å²) >= 11 is 0. The number of para-hydroxylation sites is 1. The Morgan fingerprint density at radius 3 is 2.42 bits per heavy atom. The Morgan fingerprint density at radius 1 is 1.16 bits per heavy atom. The van der Waals surface area contributed by atoms with Crippen LogP contribution >= 0.6 is 0 Å². The highest BCUT2D eigenvalue weighted by molar-refractivity contribution is 5.98. The molecule has 0 fully saturated rings. The minimum Gasteiger partial charge on any atom is -0.508 e. The van der Waals surface area contributed by atoms with Crippen LogP contribution in [0.2, 0.25) is 0 Å². The number of hydrogen-bond acceptors (Lipinski definition) is 3. The fraction of sp³-hybridized carbons (Fsp3) is 0.188. The Morgan fingerprint density at radius 2 is 1.79 bits per heavy atom. The summed E-state index contributed by atoms with van der Waals surface area (Å²) in [6, 6.07) is 14.5. The molecule has 3 heteroatoms. The second kappa shape index (κ2) is 5.67. The summed E-state index contributed by atoms with van der Waals surface area (Å²) in [7, 11) is 0. The van der Waals surface area contributed by atoms with Crippen molar-refractivity contribution in [3.63, 3.8) is 0 Å². The number of benzene rings is 2. The zero-order valence-corrected chi connectivity index (χ0v) is 10.9. The third kappa shape index (κ3) is 3.20. The largest absolute Gasteiger partial charge is 0.508 e. The molecule has 0 saturated heterocycles. The summed E-state index contributed by atoms with van der Waals surface area (Å²) in [5.74, 6) is 0.187. The van der Waals surface area contributed by atoms with E-state index in [1.54, 1.807) is 18.2 Å². The predicted molar refractivity (Wildman–Crippen MR) is 77.7 cm³/mol. The van der Waals surface area contributed by atoms with Crippen molar-refractivity contribution in [3.8, 4) is 5.75 Å². The first-order valence-electron chi connectivity index (χ1n) is 6.26. The van der Waals surface area contributed by atoms with Crippen LogP contribution in [0, 0.1) is 12.3 Å². The molecule has 0 aliphatic heterocycles. The van der Waals surface area contributed by atoms with Crippen LogP contribution in [0.3, 0.4) is 0 Å². The maximum atomic E-state index is 9.75. The molecule has 0 amide bonds. The first kappa shape index (κ1) is 13.3. The third-order valence-corrected chi connectivity index (χ3v) is 3.16. The fourth-order valence-corrected chi connectivity index (χ4v) is 2.00. The quantitative estimate of drug-likeness (QED) is 0.733. The monoisotopic (exact) mass is 254 g/mol. The molecule has 98 valence electrons. The summed E-state index contributed by atoms with van der Waals surface area (Å²) in [4.78, 5) is 0. The van der Waals surface area contributed by atoms with Crippen molar-refractivity contribution >= 4 is 5.71 Å². The average molecular weight is 254 g/mol. The van der Waals surface area contributed by atoms with Crippen molar-refractivity contribution in [1.82, 2.24) is 0 Å². The lowest BCUT2D eigenvalue weighted by atomic mass is 9.97. The van der Waals surface area contributed by atoms with Gasteiger partial charge in [0, 0.05) is 23.7 Å². The van der Waals surface area contributed by atoms with E-state index in [4.69, 9.17) is 11.1 Å². The molecule has 2 aromatic rings. The summed E-state index contributed by atoms with van der Waals surface area (Å²) in [5, 5.41) is 17.8. The number of nitrogens with two attached hydrogens (primary N) is 1. The molecule has 0 aromatic heterocycles. The van der Waals surface area contributed by atoms with E-state index in [1.165, 1.54) is 5.56 Å². The average Bonchev–Trinajstić information content (AvgIpc) is 2.39. The zero-order valence-electron chi connectivity index (χ0n) is 10.9. The second-order valence-corrected chi connectivity index (χ2v) is 4.71. The highest BCUT2D eigenvalue weighted by Gasteiger charge is 2.13. The Balaban J connectivity index is 2.11. The summed E-state index contributed by atoms with van der Waals surface area (Å²) < 4.78 is 0. The van der Waals surface area contributed by atoms with Crippen LogP contribution in [0.5, 0.6) is 5.75 Å². The Hall–Kier alpha value is -2.13. The molecule has 2 rings (SSSR count). The van der Waals surface area contributed by atoms with Gasteiger partial charge in [-0.1, -0.05) is 48.0 Å². The van der Waals surface area contributed by atoms with E-state index < -0.39 is 0 Å². The number of aromatic hydroxyl groups is 1. The number of phenolic OH excluding ortho intramolecular Hbond substituents is 1. The predicted octanol–water partition coefficient (Wildman–Crippen LogP) is 3.16. The van der Waals surface area contributed by atoms with Gasteiger partial charge in [-0.15, -0.1) is 0 Å². The van der Waals surface area contributed by atoms with Gasteiger partial charge in [-0.05, 0) is 18.6 Å². The van der Waals surface area contributed by atoms with Gasteiger partial charge in [0.25, 0.3) is 0 Å². The number of hydrogen-bond donors (Lipinski definition) is 3. The highest BCUT2D eigenvalue weighted by Crippen LogP contribution is 2.25. The van der Waals surface area contributed by atoms with E-state index in [-0.39, 0.29) is 11.8 Å². The molecular formula is C16H18N2O. The number of phenols is 1. The lowest BCUT2D eigenvalue weighted by molar-refractivity contribution is 0.462. The lowest BCUT2D eigenvalue weighted by Gasteiger charge is -2.14. The Kier molecular flexibility index (Phi) is 3.97. The van der Waals surface area contributed by atoms with Gasteiger partial charge in [0.2, 0.25) is 0 Å². The van der Waals surface area contributed by atoms with Gasteiger partial charge in [-0.25, -0.2) is 0 Å². The molecule has 4 N–H and O–H groups in total.